The fourth-order valence-corrected chi connectivity index (χ4v) is 5.44. The van der Waals surface area contributed by atoms with Crippen LogP contribution in [0.15, 0.2) is 52.3 Å². The monoisotopic (exact) mass is 381 g/mol. The van der Waals surface area contributed by atoms with Crippen molar-refractivity contribution in [3.8, 4) is 12.1 Å². The topological polar surface area (TPSA) is 128 Å². The first-order chi connectivity index (χ1) is 11.2. The van der Waals surface area contributed by atoms with Crippen LogP contribution in [0.2, 0.25) is 5.02 Å². The van der Waals surface area contributed by atoms with Crippen LogP contribution in [0.3, 0.4) is 0 Å². The van der Waals surface area contributed by atoms with Crippen LogP contribution in [0.4, 0.5) is 0 Å². The van der Waals surface area contributed by atoms with Gasteiger partial charge in [0.05, 0.1) is 16.1 Å². The fourth-order valence-electron chi connectivity index (χ4n) is 1.83. The Bertz CT molecular complexity index is 1100. The minimum atomic E-state index is -4.58. The maximum atomic E-state index is 12.3. The Hall–Kier alpha value is -2.43. The van der Waals surface area contributed by atoms with Gasteiger partial charge in [-0.2, -0.15) is 10.5 Å². The Labute approximate surface area is 143 Å². The molecular formula is C14H8ClN3O4S2. The van der Waals surface area contributed by atoms with Crippen molar-refractivity contribution in [2.45, 2.75) is 9.79 Å². The Morgan fingerprint density at radius 3 is 1.92 bits per heavy atom. The summed E-state index contributed by atoms with van der Waals surface area (Å²) < 4.78 is 50.9. The molecule has 0 bridgehead atoms. The van der Waals surface area contributed by atoms with Crippen LogP contribution < -0.4 is 4.13 Å². The van der Waals surface area contributed by atoms with Crippen molar-refractivity contribution in [3.63, 3.8) is 0 Å². The van der Waals surface area contributed by atoms with Gasteiger partial charge in [0.1, 0.15) is 21.9 Å². The third-order valence-electron chi connectivity index (χ3n) is 2.89. The third kappa shape index (κ3) is 3.40. The predicted octanol–water partition coefficient (Wildman–Crippen LogP) is 1.75. The lowest BCUT2D eigenvalue weighted by atomic mass is 10.2. The van der Waals surface area contributed by atoms with Crippen molar-refractivity contribution in [1.29, 1.82) is 10.5 Å². The molecule has 0 aliphatic carbocycles. The molecule has 0 atom stereocenters. The molecule has 7 nitrogen and oxygen atoms in total. The lowest BCUT2D eigenvalue weighted by Gasteiger charge is -2.10. The molecular weight excluding hydrogens is 374 g/mol. The lowest BCUT2D eigenvalue weighted by molar-refractivity contribution is 0.577. The number of hydrogen-bond acceptors (Lipinski definition) is 6. The van der Waals surface area contributed by atoms with Crippen molar-refractivity contribution >= 4 is 31.6 Å². The SMILES string of the molecule is N#Cc1ccccc1S(=O)(=O)NS(=O)(=O)c1cccc(C#N)c1Cl. The van der Waals surface area contributed by atoms with Gasteiger partial charge in [0.15, 0.2) is 0 Å². The van der Waals surface area contributed by atoms with Crippen molar-refractivity contribution < 1.29 is 16.8 Å². The zero-order valence-corrected chi connectivity index (χ0v) is 14.2. The number of halogens is 1. The minimum absolute atomic E-state index is 0.116. The number of nitriles is 2. The lowest BCUT2D eigenvalue weighted by Crippen LogP contribution is -2.31. The van der Waals surface area contributed by atoms with E-state index in [0.29, 0.717) is 0 Å². The van der Waals surface area contributed by atoms with Gasteiger partial charge in [-0.15, -0.1) is 4.13 Å². The number of nitrogens with zero attached hydrogens (tertiary/aromatic N) is 2. The first-order valence-corrected chi connectivity index (χ1v) is 9.54. The summed E-state index contributed by atoms with van der Waals surface area (Å²) in [5.41, 5.74) is -0.327. The first kappa shape index (κ1) is 17.9. The molecule has 0 saturated carbocycles. The Balaban J connectivity index is 2.54. The van der Waals surface area contributed by atoms with Gasteiger partial charge in [-0.05, 0) is 24.3 Å². The van der Waals surface area contributed by atoms with E-state index in [9.17, 15) is 16.8 Å². The number of rotatable bonds is 4. The molecule has 24 heavy (non-hydrogen) atoms. The van der Waals surface area contributed by atoms with E-state index in [1.165, 1.54) is 34.5 Å². The number of nitrogens with one attached hydrogen (secondary N) is 1. The summed E-state index contributed by atoms with van der Waals surface area (Å²) in [5.74, 6) is 0. The van der Waals surface area contributed by atoms with Crippen molar-refractivity contribution in [1.82, 2.24) is 4.13 Å². The molecule has 0 aromatic heterocycles. The van der Waals surface area contributed by atoms with Crippen LogP contribution >= 0.6 is 11.6 Å². The molecule has 2 aromatic carbocycles. The summed E-state index contributed by atoms with van der Waals surface area (Å²) in [6.07, 6.45) is 0. The molecule has 2 rings (SSSR count). The highest BCUT2D eigenvalue weighted by molar-refractivity contribution is 8.04. The Morgan fingerprint density at radius 1 is 0.792 bits per heavy atom. The van der Waals surface area contributed by atoms with Gasteiger partial charge in [0.25, 0.3) is 20.0 Å². The summed E-state index contributed by atoms with van der Waals surface area (Å²) in [6, 6.07) is 12.1. The van der Waals surface area contributed by atoms with E-state index in [0.717, 1.165) is 12.1 Å². The van der Waals surface area contributed by atoms with E-state index in [1.54, 1.807) is 12.1 Å². The summed E-state index contributed by atoms with van der Waals surface area (Å²) in [5, 5.41) is 17.5. The van der Waals surface area contributed by atoms with Crippen LogP contribution in [0.1, 0.15) is 11.1 Å². The normalized spacial score (nSPS) is 11.5. The van der Waals surface area contributed by atoms with Gasteiger partial charge in [0.2, 0.25) is 0 Å². The van der Waals surface area contributed by atoms with Crippen molar-refractivity contribution in [2.75, 3.05) is 0 Å². The Morgan fingerprint density at radius 2 is 1.29 bits per heavy atom. The van der Waals surface area contributed by atoms with Crippen LogP contribution in [-0.2, 0) is 20.0 Å². The molecule has 122 valence electrons. The van der Waals surface area contributed by atoms with E-state index in [2.05, 4.69) is 0 Å². The van der Waals surface area contributed by atoms with E-state index < -0.39 is 34.9 Å². The summed E-state index contributed by atoms with van der Waals surface area (Å²) in [6.45, 7) is 0. The second-order valence-electron chi connectivity index (χ2n) is 4.43. The molecule has 10 heteroatoms. The van der Waals surface area contributed by atoms with Crippen molar-refractivity contribution in [3.05, 3.63) is 58.6 Å². The minimum Gasteiger partial charge on any atom is -0.206 e. The zero-order chi connectivity index (χ0) is 18.0. The van der Waals surface area contributed by atoms with Crippen LogP contribution in [0.5, 0.6) is 0 Å². The Kier molecular flexibility index (Phi) is 4.92. The van der Waals surface area contributed by atoms with Crippen LogP contribution in [0.25, 0.3) is 0 Å². The highest BCUT2D eigenvalue weighted by Crippen LogP contribution is 2.26. The zero-order valence-electron chi connectivity index (χ0n) is 11.8. The summed E-state index contributed by atoms with van der Waals surface area (Å²) >= 11 is 5.84. The van der Waals surface area contributed by atoms with Crippen LogP contribution in [-0.4, -0.2) is 16.8 Å². The predicted molar refractivity (Wildman–Crippen MR) is 84.8 cm³/mol. The average molecular weight is 382 g/mol. The molecule has 0 saturated heterocycles. The number of hydrogen-bond donors (Lipinski definition) is 1. The number of benzene rings is 2. The van der Waals surface area contributed by atoms with Gasteiger partial charge in [0, 0.05) is 0 Å². The first-order valence-electron chi connectivity index (χ1n) is 6.19. The quantitative estimate of drug-likeness (QED) is 0.859. The highest BCUT2D eigenvalue weighted by atomic mass is 35.5. The second kappa shape index (κ2) is 6.59. The average Bonchev–Trinajstić information content (AvgIpc) is 2.53. The van der Waals surface area contributed by atoms with Crippen LogP contribution in [0, 0.1) is 22.7 Å². The maximum Gasteiger partial charge on any atom is 0.255 e. The van der Waals surface area contributed by atoms with Crippen molar-refractivity contribution in [2.24, 2.45) is 0 Å². The van der Waals surface area contributed by atoms with Gasteiger partial charge in [-0.1, -0.05) is 29.8 Å². The van der Waals surface area contributed by atoms with E-state index >= 15 is 0 Å². The molecule has 0 fully saturated rings. The molecule has 0 unspecified atom stereocenters. The van der Waals surface area contributed by atoms with E-state index in [4.69, 9.17) is 22.1 Å². The smallest absolute Gasteiger partial charge is 0.206 e. The third-order valence-corrected chi connectivity index (χ3v) is 7.02. The fraction of sp³-hybridized carbons (Fsp3) is 0. The van der Waals surface area contributed by atoms with Gasteiger partial charge >= 0.3 is 0 Å². The molecule has 0 heterocycles. The molecule has 0 amide bonds. The molecule has 1 N–H and O–H groups in total. The molecule has 0 spiro atoms. The summed E-state index contributed by atoms with van der Waals surface area (Å²) in [7, 11) is -9.13. The largest absolute Gasteiger partial charge is 0.255 e. The molecule has 0 aliphatic rings. The molecule has 2 aromatic rings. The van der Waals surface area contributed by atoms with E-state index in [-0.39, 0.29) is 11.1 Å². The summed E-state index contributed by atoms with van der Waals surface area (Å²) in [4.78, 5) is -1.04. The highest BCUT2D eigenvalue weighted by Gasteiger charge is 2.28. The van der Waals surface area contributed by atoms with E-state index in [1.807, 2.05) is 0 Å². The van der Waals surface area contributed by atoms with Gasteiger partial charge in [-0.3, -0.25) is 0 Å². The molecule has 0 aliphatic heterocycles. The molecule has 0 radical (unpaired) electrons. The second-order valence-corrected chi connectivity index (χ2v) is 8.37. The maximum absolute atomic E-state index is 12.3. The standard InChI is InChI=1S/C14H8ClN3O4S2/c15-14-11(9-17)5-3-7-13(14)24(21,22)18-23(19,20)12-6-2-1-4-10(12)8-16/h1-7,18H. The number of sulfonamides is 2. The van der Waals surface area contributed by atoms with Gasteiger partial charge < -0.3 is 0 Å². The van der Waals surface area contributed by atoms with Gasteiger partial charge in [-0.25, -0.2) is 16.8 Å².